The zero-order valence-electron chi connectivity index (χ0n) is 11.6. The van der Waals surface area contributed by atoms with Crippen LogP contribution in [0.3, 0.4) is 0 Å². The van der Waals surface area contributed by atoms with E-state index in [4.69, 9.17) is 4.74 Å². The van der Waals surface area contributed by atoms with Crippen LogP contribution in [0.4, 0.5) is 0 Å². The monoisotopic (exact) mass is 210 g/mol. The Morgan fingerprint density at radius 1 is 0.933 bits per heavy atom. The minimum absolute atomic E-state index is 0.121. The molecule has 0 N–H and O–H groups in total. The molecule has 0 saturated carbocycles. The SMILES string of the molecule is CC(C)(C)C1=C(C(C)(C)C)C(C)(C)CO1. The zero-order chi connectivity index (χ0) is 12.1. The highest BCUT2D eigenvalue weighted by Gasteiger charge is 2.43. The average Bonchev–Trinajstić information content (AvgIpc) is 2.21. The molecule has 0 aliphatic carbocycles. The maximum atomic E-state index is 5.95. The highest BCUT2D eigenvalue weighted by Crippen LogP contribution is 2.50. The average molecular weight is 210 g/mol. The van der Waals surface area contributed by atoms with Crippen LogP contribution in [-0.2, 0) is 4.74 Å². The summed E-state index contributed by atoms with van der Waals surface area (Å²) >= 11 is 0. The van der Waals surface area contributed by atoms with Crippen molar-refractivity contribution in [2.45, 2.75) is 55.4 Å². The van der Waals surface area contributed by atoms with Gasteiger partial charge in [0.05, 0.1) is 6.61 Å². The van der Waals surface area contributed by atoms with Gasteiger partial charge >= 0.3 is 0 Å². The molecule has 1 rings (SSSR count). The van der Waals surface area contributed by atoms with Crippen molar-refractivity contribution >= 4 is 0 Å². The van der Waals surface area contributed by atoms with E-state index in [0.717, 1.165) is 6.61 Å². The van der Waals surface area contributed by atoms with Crippen molar-refractivity contribution in [2.75, 3.05) is 6.61 Å². The first-order valence-corrected chi connectivity index (χ1v) is 5.85. The Morgan fingerprint density at radius 2 is 1.40 bits per heavy atom. The first kappa shape index (κ1) is 12.6. The second-order valence-corrected chi connectivity index (χ2v) is 7.38. The first-order valence-electron chi connectivity index (χ1n) is 5.85. The van der Waals surface area contributed by atoms with Crippen molar-refractivity contribution in [3.63, 3.8) is 0 Å². The molecule has 0 atom stereocenters. The van der Waals surface area contributed by atoms with Gasteiger partial charge in [-0.3, -0.25) is 0 Å². The van der Waals surface area contributed by atoms with E-state index in [1.165, 1.54) is 11.3 Å². The second kappa shape index (κ2) is 3.26. The van der Waals surface area contributed by atoms with Crippen LogP contribution in [0.15, 0.2) is 11.3 Å². The maximum Gasteiger partial charge on any atom is 0.102 e. The van der Waals surface area contributed by atoms with Crippen LogP contribution in [0.1, 0.15) is 55.4 Å². The van der Waals surface area contributed by atoms with Gasteiger partial charge in [0.15, 0.2) is 0 Å². The molecule has 0 radical (unpaired) electrons. The van der Waals surface area contributed by atoms with Crippen LogP contribution in [0.5, 0.6) is 0 Å². The summed E-state index contributed by atoms with van der Waals surface area (Å²) in [6.07, 6.45) is 0. The van der Waals surface area contributed by atoms with Crippen LogP contribution < -0.4 is 0 Å². The van der Waals surface area contributed by atoms with Crippen LogP contribution >= 0.6 is 0 Å². The molecule has 15 heavy (non-hydrogen) atoms. The number of allylic oxidation sites excluding steroid dienone is 1. The lowest BCUT2D eigenvalue weighted by Crippen LogP contribution is -2.26. The third kappa shape index (κ3) is 2.38. The molecular formula is C14H26O. The largest absolute Gasteiger partial charge is 0.496 e. The van der Waals surface area contributed by atoms with Crippen LogP contribution in [-0.4, -0.2) is 6.61 Å². The summed E-state index contributed by atoms with van der Waals surface area (Å²) in [7, 11) is 0. The lowest BCUT2D eigenvalue weighted by molar-refractivity contribution is 0.143. The summed E-state index contributed by atoms with van der Waals surface area (Å²) in [5.74, 6) is 1.21. The third-order valence-electron chi connectivity index (χ3n) is 2.91. The molecule has 0 aromatic rings. The molecule has 0 saturated heterocycles. The smallest absolute Gasteiger partial charge is 0.102 e. The van der Waals surface area contributed by atoms with Gasteiger partial charge in [-0.1, -0.05) is 55.4 Å². The van der Waals surface area contributed by atoms with Crippen molar-refractivity contribution in [1.29, 1.82) is 0 Å². The fourth-order valence-corrected chi connectivity index (χ4v) is 2.65. The highest BCUT2D eigenvalue weighted by molar-refractivity contribution is 5.29. The summed E-state index contributed by atoms with van der Waals surface area (Å²) in [6, 6.07) is 0. The van der Waals surface area contributed by atoms with Gasteiger partial charge in [-0.2, -0.15) is 0 Å². The number of rotatable bonds is 0. The van der Waals surface area contributed by atoms with Crippen molar-refractivity contribution in [3.05, 3.63) is 11.3 Å². The normalized spacial score (nSPS) is 21.9. The van der Waals surface area contributed by atoms with Crippen LogP contribution in [0.2, 0.25) is 0 Å². The van der Waals surface area contributed by atoms with Crippen molar-refractivity contribution in [3.8, 4) is 0 Å². The van der Waals surface area contributed by atoms with Gasteiger partial charge in [-0.15, -0.1) is 0 Å². The Bertz CT molecular complexity index is 281. The number of hydrogen-bond acceptors (Lipinski definition) is 1. The molecule has 0 aromatic heterocycles. The Balaban J connectivity index is 3.31. The van der Waals surface area contributed by atoms with E-state index in [2.05, 4.69) is 55.4 Å². The predicted octanol–water partition coefficient (Wildman–Crippen LogP) is 4.39. The van der Waals surface area contributed by atoms with E-state index in [0.29, 0.717) is 0 Å². The molecule has 0 spiro atoms. The Labute approximate surface area is 94.9 Å². The van der Waals surface area contributed by atoms with E-state index >= 15 is 0 Å². The molecule has 1 heterocycles. The molecule has 1 nitrogen and oxygen atoms in total. The van der Waals surface area contributed by atoms with Crippen molar-refractivity contribution in [2.24, 2.45) is 16.2 Å². The van der Waals surface area contributed by atoms with E-state index in [1.807, 2.05) is 0 Å². The molecule has 0 aromatic carbocycles. The van der Waals surface area contributed by atoms with Crippen molar-refractivity contribution in [1.82, 2.24) is 0 Å². The summed E-state index contributed by atoms with van der Waals surface area (Å²) in [5.41, 5.74) is 1.99. The topological polar surface area (TPSA) is 9.23 Å². The molecule has 0 unspecified atom stereocenters. The summed E-state index contributed by atoms with van der Waals surface area (Å²) in [4.78, 5) is 0. The Hall–Kier alpha value is -0.460. The Kier molecular flexibility index (Phi) is 2.74. The quantitative estimate of drug-likeness (QED) is 0.576. The summed E-state index contributed by atoms with van der Waals surface area (Å²) < 4.78 is 5.95. The predicted molar refractivity (Wildman–Crippen MR) is 65.7 cm³/mol. The molecule has 0 bridgehead atoms. The molecule has 1 aliphatic heterocycles. The standard InChI is InChI=1S/C14H26O/c1-12(2,3)10-11(13(4,5)6)15-9-14(10,7)8/h9H2,1-8H3. The van der Waals surface area contributed by atoms with Gasteiger partial charge in [0.25, 0.3) is 0 Å². The molecule has 1 heteroatoms. The first-order chi connectivity index (χ1) is 6.46. The zero-order valence-corrected chi connectivity index (χ0v) is 11.6. The summed E-state index contributed by atoms with van der Waals surface area (Å²) in [5, 5.41) is 0. The van der Waals surface area contributed by atoms with Crippen molar-refractivity contribution < 1.29 is 4.74 Å². The van der Waals surface area contributed by atoms with E-state index in [-0.39, 0.29) is 16.2 Å². The lowest BCUT2D eigenvalue weighted by atomic mass is 9.69. The van der Waals surface area contributed by atoms with Crippen LogP contribution in [0, 0.1) is 16.2 Å². The minimum atomic E-state index is 0.121. The van der Waals surface area contributed by atoms with Gasteiger partial charge in [0.1, 0.15) is 5.76 Å². The highest BCUT2D eigenvalue weighted by atomic mass is 16.5. The maximum absolute atomic E-state index is 5.95. The Morgan fingerprint density at radius 3 is 1.67 bits per heavy atom. The number of ether oxygens (including phenoxy) is 1. The van der Waals surface area contributed by atoms with Gasteiger partial charge in [0, 0.05) is 10.8 Å². The fraction of sp³-hybridized carbons (Fsp3) is 0.857. The summed E-state index contributed by atoms with van der Waals surface area (Å²) in [6.45, 7) is 18.9. The molecule has 88 valence electrons. The lowest BCUT2D eigenvalue weighted by Gasteiger charge is -2.33. The third-order valence-corrected chi connectivity index (χ3v) is 2.91. The molecular weight excluding hydrogens is 184 g/mol. The van der Waals surface area contributed by atoms with Gasteiger partial charge in [0.2, 0.25) is 0 Å². The van der Waals surface area contributed by atoms with E-state index in [1.54, 1.807) is 0 Å². The fourth-order valence-electron chi connectivity index (χ4n) is 2.65. The number of hydrogen-bond donors (Lipinski definition) is 0. The molecule has 0 fully saturated rings. The van der Waals surface area contributed by atoms with Crippen LogP contribution in [0.25, 0.3) is 0 Å². The minimum Gasteiger partial charge on any atom is -0.496 e. The van der Waals surface area contributed by atoms with E-state index < -0.39 is 0 Å². The molecule has 1 aliphatic rings. The van der Waals surface area contributed by atoms with Gasteiger partial charge in [-0.25, -0.2) is 0 Å². The van der Waals surface area contributed by atoms with Gasteiger partial charge in [-0.05, 0) is 11.0 Å². The second-order valence-electron chi connectivity index (χ2n) is 7.38. The van der Waals surface area contributed by atoms with E-state index in [9.17, 15) is 0 Å². The van der Waals surface area contributed by atoms with Gasteiger partial charge < -0.3 is 4.74 Å². The molecule has 0 amide bonds.